The Balaban J connectivity index is 1.81. The summed E-state index contributed by atoms with van der Waals surface area (Å²) in [5.41, 5.74) is 2.62. The summed E-state index contributed by atoms with van der Waals surface area (Å²) in [4.78, 5) is 2.02. The number of aromatic amines is 1. The Kier molecular flexibility index (Phi) is 5.74. The lowest BCUT2D eigenvalue weighted by molar-refractivity contribution is 0.628. The van der Waals surface area contributed by atoms with Crippen LogP contribution in [-0.4, -0.2) is 34.7 Å². The average molecular weight is 380 g/mol. The van der Waals surface area contributed by atoms with Crippen molar-refractivity contribution >= 4 is 24.1 Å². The highest BCUT2D eigenvalue weighted by Gasteiger charge is 2.08. The number of hydrogen-bond donors (Lipinski definition) is 1. The van der Waals surface area contributed by atoms with Crippen LogP contribution in [0.15, 0.2) is 53.6 Å². The summed E-state index contributed by atoms with van der Waals surface area (Å²) in [6, 6.07) is 15.9. The van der Waals surface area contributed by atoms with Gasteiger partial charge in [0.1, 0.15) is 5.82 Å². The van der Waals surface area contributed by atoms with Gasteiger partial charge in [0, 0.05) is 24.8 Å². The van der Waals surface area contributed by atoms with Crippen LogP contribution >= 0.6 is 12.2 Å². The first kappa shape index (κ1) is 18.5. The van der Waals surface area contributed by atoms with Crippen LogP contribution in [0.1, 0.15) is 12.0 Å². The van der Waals surface area contributed by atoms with E-state index in [-0.39, 0.29) is 5.82 Å². The van der Waals surface area contributed by atoms with Crippen molar-refractivity contribution in [3.8, 4) is 17.5 Å². The fourth-order valence-corrected chi connectivity index (χ4v) is 2.65. The minimum absolute atomic E-state index is 0.317. The Morgan fingerprint density at radius 3 is 2.63 bits per heavy atom. The number of H-pyrrole nitrogens is 1. The third-order valence-electron chi connectivity index (χ3n) is 3.97. The molecule has 1 aromatic heterocycles. The van der Waals surface area contributed by atoms with Gasteiger partial charge in [-0.2, -0.15) is 20.1 Å². The highest BCUT2D eigenvalue weighted by Crippen LogP contribution is 2.18. The Hall–Kier alpha value is -3.31. The van der Waals surface area contributed by atoms with Gasteiger partial charge in [0.15, 0.2) is 5.82 Å². The molecular weight excluding hydrogens is 363 g/mol. The minimum Gasteiger partial charge on any atom is -0.374 e. The molecule has 0 fully saturated rings. The summed E-state index contributed by atoms with van der Waals surface area (Å²) in [6.45, 7) is 0.676. The van der Waals surface area contributed by atoms with Gasteiger partial charge in [-0.15, -0.1) is 0 Å². The maximum Gasteiger partial charge on any atom is 0.216 e. The predicted octanol–water partition coefficient (Wildman–Crippen LogP) is 3.98. The van der Waals surface area contributed by atoms with Crippen molar-refractivity contribution in [2.24, 2.45) is 5.10 Å². The zero-order valence-electron chi connectivity index (χ0n) is 14.6. The maximum atomic E-state index is 13.1. The van der Waals surface area contributed by atoms with Gasteiger partial charge in [-0.3, -0.25) is 0 Å². The molecular formula is C19H17FN6S. The predicted molar refractivity (Wildman–Crippen MR) is 106 cm³/mol. The lowest BCUT2D eigenvalue weighted by Crippen LogP contribution is -2.17. The number of rotatable bonds is 6. The zero-order valence-corrected chi connectivity index (χ0v) is 15.4. The van der Waals surface area contributed by atoms with Crippen LogP contribution in [0, 0.1) is 21.9 Å². The molecule has 0 bridgehead atoms. The highest BCUT2D eigenvalue weighted by atomic mass is 32.1. The van der Waals surface area contributed by atoms with Gasteiger partial charge in [0.25, 0.3) is 0 Å². The lowest BCUT2D eigenvalue weighted by Gasteiger charge is -2.17. The molecule has 0 saturated carbocycles. The smallest absolute Gasteiger partial charge is 0.216 e. The van der Waals surface area contributed by atoms with E-state index in [2.05, 4.69) is 21.4 Å². The molecule has 27 heavy (non-hydrogen) atoms. The van der Waals surface area contributed by atoms with Crippen molar-refractivity contribution in [1.29, 1.82) is 5.26 Å². The van der Waals surface area contributed by atoms with E-state index >= 15 is 0 Å². The molecule has 1 N–H and O–H groups in total. The molecule has 136 valence electrons. The number of anilines is 1. The van der Waals surface area contributed by atoms with Crippen LogP contribution in [0.2, 0.25) is 0 Å². The third kappa shape index (κ3) is 4.46. The van der Waals surface area contributed by atoms with Crippen molar-refractivity contribution < 1.29 is 4.39 Å². The minimum atomic E-state index is -0.317. The second kappa shape index (κ2) is 8.38. The molecule has 0 aliphatic carbocycles. The number of benzene rings is 2. The number of hydrogen-bond acceptors (Lipinski definition) is 5. The van der Waals surface area contributed by atoms with Crippen molar-refractivity contribution in [3.05, 3.63) is 64.7 Å². The molecule has 3 aromatic rings. The highest BCUT2D eigenvalue weighted by molar-refractivity contribution is 7.71. The average Bonchev–Trinajstić information content (AvgIpc) is 3.06. The van der Waals surface area contributed by atoms with Crippen LogP contribution < -0.4 is 4.90 Å². The molecule has 3 rings (SSSR count). The summed E-state index contributed by atoms with van der Waals surface area (Å²) in [6.07, 6.45) is 2.15. The Morgan fingerprint density at radius 1 is 1.26 bits per heavy atom. The normalized spacial score (nSPS) is 10.9. The first-order valence-electron chi connectivity index (χ1n) is 8.24. The largest absolute Gasteiger partial charge is 0.374 e. The molecule has 0 aliphatic rings. The van der Waals surface area contributed by atoms with Gasteiger partial charge in [0.2, 0.25) is 4.77 Å². The van der Waals surface area contributed by atoms with Crippen molar-refractivity contribution in [3.63, 3.8) is 0 Å². The molecule has 1 heterocycles. The van der Waals surface area contributed by atoms with Crippen LogP contribution in [0.4, 0.5) is 10.1 Å². The van der Waals surface area contributed by atoms with E-state index in [1.165, 1.54) is 16.8 Å². The topological polar surface area (TPSA) is 73.0 Å². The monoisotopic (exact) mass is 380 g/mol. The quantitative estimate of drug-likeness (QED) is 0.519. The third-order valence-corrected chi connectivity index (χ3v) is 4.23. The van der Waals surface area contributed by atoms with Crippen LogP contribution in [0.5, 0.6) is 0 Å². The number of halogens is 1. The maximum absolute atomic E-state index is 13.1. The Morgan fingerprint density at radius 2 is 1.96 bits per heavy atom. The van der Waals surface area contributed by atoms with E-state index in [0.29, 0.717) is 29.1 Å². The molecule has 0 unspecified atom stereocenters. The Labute approximate surface area is 161 Å². The summed E-state index contributed by atoms with van der Waals surface area (Å²) < 4.78 is 15.0. The summed E-state index contributed by atoms with van der Waals surface area (Å²) >= 11 is 5.23. The van der Waals surface area contributed by atoms with Gasteiger partial charge in [-0.1, -0.05) is 12.1 Å². The first-order valence-corrected chi connectivity index (χ1v) is 8.65. The van der Waals surface area contributed by atoms with Crippen LogP contribution in [-0.2, 0) is 0 Å². The van der Waals surface area contributed by atoms with E-state index in [4.69, 9.17) is 17.5 Å². The molecule has 0 aliphatic heterocycles. The second-order valence-corrected chi connectivity index (χ2v) is 6.22. The number of nitriles is 1. The van der Waals surface area contributed by atoms with Crippen molar-refractivity contribution in [2.45, 2.75) is 6.42 Å². The van der Waals surface area contributed by atoms with Gasteiger partial charge in [-0.05, 0) is 54.2 Å². The van der Waals surface area contributed by atoms with E-state index in [1.54, 1.807) is 18.3 Å². The fourth-order valence-electron chi connectivity index (χ4n) is 2.47. The van der Waals surface area contributed by atoms with Crippen LogP contribution in [0.3, 0.4) is 0 Å². The fraction of sp³-hybridized carbons (Fsp3) is 0.158. The molecule has 0 saturated heterocycles. The molecule has 8 heteroatoms. The molecule has 0 radical (unpaired) electrons. The number of nitrogens with one attached hydrogen (secondary N) is 1. The molecule has 2 aromatic carbocycles. The lowest BCUT2D eigenvalue weighted by atomic mass is 10.2. The van der Waals surface area contributed by atoms with E-state index < -0.39 is 0 Å². The number of nitrogens with zero attached hydrogens (tertiary/aromatic N) is 5. The van der Waals surface area contributed by atoms with Crippen molar-refractivity contribution in [1.82, 2.24) is 14.9 Å². The molecule has 0 atom stereocenters. The first-order chi connectivity index (χ1) is 13.1. The van der Waals surface area contributed by atoms with E-state index in [1.807, 2.05) is 36.2 Å². The van der Waals surface area contributed by atoms with Gasteiger partial charge < -0.3 is 4.90 Å². The summed E-state index contributed by atoms with van der Waals surface area (Å²) in [5.74, 6) is 0.187. The standard InChI is InChI=1S/C19H17FN6S/c1-25(12-2-11-21)17-9-3-14(4-10-17)13-22-26-18(23-24-19(26)27)15-5-7-16(20)8-6-15/h3-10,13H,2,12H2,1H3,(H,24,27)/b22-13-. The Bertz CT molecular complexity index is 1030. The molecule has 6 nitrogen and oxygen atoms in total. The van der Waals surface area contributed by atoms with E-state index in [0.717, 1.165) is 11.3 Å². The number of aromatic nitrogens is 3. The summed E-state index contributed by atoms with van der Waals surface area (Å²) in [7, 11) is 1.94. The van der Waals surface area contributed by atoms with Gasteiger partial charge >= 0.3 is 0 Å². The molecule has 0 amide bonds. The summed E-state index contributed by atoms with van der Waals surface area (Å²) in [5, 5.41) is 20.0. The van der Waals surface area contributed by atoms with Crippen molar-refractivity contribution in [2.75, 3.05) is 18.5 Å². The van der Waals surface area contributed by atoms with E-state index in [9.17, 15) is 4.39 Å². The van der Waals surface area contributed by atoms with Gasteiger partial charge in [0.05, 0.1) is 18.7 Å². The SMILES string of the molecule is CN(CCC#N)c1ccc(/C=N\n2c(-c3ccc(F)cc3)n[nH]c2=S)cc1. The zero-order chi connectivity index (χ0) is 19.2. The second-order valence-electron chi connectivity index (χ2n) is 5.84. The van der Waals surface area contributed by atoms with Gasteiger partial charge in [-0.25, -0.2) is 9.49 Å². The van der Waals surface area contributed by atoms with Crippen LogP contribution in [0.25, 0.3) is 11.4 Å². The molecule has 0 spiro atoms.